The number of carbonyl (C=O) groups is 1. The van der Waals surface area contributed by atoms with Crippen molar-refractivity contribution in [1.82, 2.24) is 20.0 Å². The Morgan fingerprint density at radius 1 is 1.20 bits per heavy atom. The topological polar surface area (TPSA) is 83.5 Å². The summed E-state index contributed by atoms with van der Waals surface area (Å²) in [6, 6.07) is 9.94. The molecule has 5 rings (SSSR count). The SMILES string of the molecule is Cn1ncc2cc([C@H](O)[C@@H](CN3CCCC3)NC(=O)C(F)(F)c3cc4cc(Cl)ccc4o3)ccc21. The maximum absolute atomic E-state index is 15.2. The fraction of sp³-hybridized carbons (Fsp3) is 0.360. The van der Waals surface area contributed by atoms with E-state index in [2.05, 4.69) is 15.3 Å². The number of rotatable bonds is 7. The Morgan fingerprint density at radius 2 is 1.97 bits per heavy atom. The summed E-state index contributed by atoms with van der Waals surface area (Å²) < 4.78 is 37.4. The van der Waals surface area contributed by atoms with E-state index in [1.54, 1.807) is 23.0 Å². The fourth-order valence-electron chi connectivity index (χ4n) is 4.61. The zero-order valence-electron chi connectivity index (χ0n) is 19.0. The molecule has 1 amide bonds. The number of aliphatic hydroxyl groups is 1. The first kappa shape index (κ1) is 23.7. The number of nitrogens with zero attached hydrogens (tertiary/aromatic N) is 3. The Labute approximate surface area is 205 Å². The quantitative estimate of drug-likeness (QED) is 0.392. The fourth-order valence-corrected chi connectivity index (χ4v) is 4.79. The number of amides is 1. The first-order chi connectivity index (χ1) is 16.7. The van der Waals surface area contributed by atoms with Gasteiger partial charge in [-0.25, -0.2) is 0 Å². The molecule has 2 aromatic heterocycles. The van der Waals surface area contributed by atoms with Gasteiger partial charge in [-0.1, -0.05) is 17.7 Å². The molecule has 10 heteroatoms. The second-order valence-corrected chi connectivity index (χ2v) is 9.42. The molecule has 7 nitrogen and oxygen atoms in total. The van der Waals surface area contributed by atoms with Crippen LogP contribution in [0.2, 0.25) is 5.02 Å². The molecule has 184 valence electrons. The van der Waals surface area contributed by atoms with Crippen molar-refractivity contribution in [2.75, 3.05) is 19.6 Å². The lowest BCUT2D eigenvalue weighted by atomic mass is 9.99. The molecular formula is C25H25ClF2N4O3. The molecule has 2 atom stereocenters. The summed E-state index contributed by atoms with van der Waals surface area (Å²) in [5, 5.41) is 19.3. The van der Waals surface area contributed by atoms with E-state index in [9.17, 15) is 9.90 Å². The number of carbonyl (C=O) groups excluding carboxylic acids is 1. The van der Waals surface area contributed by atoms with Crippen molar-refractivity contribution in [3.05, 3.63) is 65.0 Å². The van der Waals surface area contributed by atoms with Gasteiger partial charge in [0.25, 0.3) is 5.91 Å². The minimum atomic E-state index is -3.94. The maximum Gasteiger partial charge on any atom is 0.380 e. The van der Waals surface area contributed by atoms with Crippen LogP contribution in [0.25, 0.3) is 21.9 Å². The van der Waals surface area contributed by atoms with Gasteiger partial charge in [0.15, 0.2) is 5.76 Å². The lowest BCUT2D eigenvalue weighted by Crippen LogP contribution is -2.50. The van der Waals surface area contributed by atoms with Gasteiger partial charge >= 0.3 is 5.92 Å². The van der Waals surface area contributed by atoms with Crippen molar-refractivity contribution >= 4 is 39.4 Å². The van der Waals surface area contributed by atoms with E-state index >= 15 is 8.78 Å². The highest BCUT2D eigenvalue weighted by Gasteiger charge is 2.46. The van der Waals surface area contributed by atoms with Crippen LogP contribution >= 0.6 is 11.6 Å². The van der Waals surface area contributed by atoms with Gasteiger partial charge in [0.2, 0.25) is 0 Å². The number of aryl methyl sites for hydroxylation is 1. The number of benzene rings is 2. The molecule has 1 aliphatic heterocycles. The molecule has 2 N–H and O–H groups in total. The Kier molecular flexibility index (Phi) is 6.25. The highest BCUT2D eigenvalue weighted by atomic mass is 35.5. The van der Waals surface area contributed by atoms with Gasteiger partial charge in [0.1, 0.15) is 11.7 Å². The summed E-state index contributed by atoms with van der Waals surface area (Å²) in [6.07, 6.45) is 2.43. The number of hydrogen-bond donors (Lipinski definition) is 2. The van der Waals surface area contributed by atoms with E-state index in [1.165, 1.54) is 18.2 Å². The number of hydrogen-bond acceptors (Lipinski definition) is 5. The van der Waals surface area contributed by atoms with Crippen LogP contribution < -0.4 is 5.32 Å². The minimum absolute atomic E-state index is 0.204. The van der Waals surface area contributed by atoms with Gasteiger partial charge in [-0.3, -0.25) is 9.48 Å². The summed E-state index contributed by atoms with van der Waals surface area (Å²) in [4.78, 5) is 14.9. The number of furan rings is 1. The third kappa shape index (κ3) is 4.63. The van der Waals surface area contributed by atoms with Crippen molar-refractivity contribution in [1.29, 1.82) is 0 Å². The maximum atomic E-state index is 15.2. The molecule has 2 aromatic carbocycles. The Bertz CT molecular complexity index is 1380. The molecule has 3 heterocycles. The van der Waals surface area contributed by atoms with E-state index < -0.39 is 29.7 Å². The first-order valence-electron chi connectivity index (χ1n) is 11.4. The van der Waals surface area contributed by atoms with Gasteiger partial charge in [-0.15, -0.1) is 0 Å². The summed E-state index contributed by atoms with van der Waals surface area (Å²) >= 11 is 5.94. The summed E-state index contributed by atoms with van der Waals surface area (Å²) in [7, 11) is 1.81. The molecular weight excluding hydrogens is 478 g/mol. The lowest BCUT2D eigenvalue weighted by molar-refractivity contribution is -0.151. The van der Waals surface area contributed by atoms with E-state index in [0.29, 0.717) is 16.0 Å². The van der Waals surface area contributed by atoms with Crippen molar-refractivity contribution in [2.45, 2.75) is 30.9 Å². The molecule has 1 saturated heterocycles. The second-order valence-electron chi connectivity index (χ2n) is 8.99. The Balaban J connectivity index is 1.41. The number of halogens is 3. The normalized spacial score (nSPS) is 16.7. The van der Waals surface area contributed by atoms with Gasteiger partial charge in [-0.2, -0.15) is 13.9 Å². The standard InChI is InChI=1S/C25H25ClF2N4O3/c1-31-20-6-4-15(10-17(20)13-29-31)23(33)19(14-32-8-2-3-9-32)30-24(34)25(27,28)22-12-16-11-18(26)5-7-21(16)35-22/h4-7,10-13,19,23,33H,2-3,8-9,14H2,1H3,(H,30,34)/t19-,23+/m1/s1. The monoisotopic (exact) mass is 502 g/mol. The molecule has 0 radical (unpaired) electrons. The smallest absolute Gasteiger partial charge is 0.380 e. The summed E-state index contributed by atoms with van der Waals surface area (Å²) in [5.41, 5.74) is 1.59. The van der Waals surface area contributed by atoms with E-state index in [1.807, 2.05) is 13.1 Å². The van der Waals surface area contributed by atoms with E-state index in [-0.39, 0.29) is 12.1 Å². The van der Waals surface area contributed by atoms with Crippen LogP contribution in [0.15, 0.2) is 53.1 Å². The van der Waals surface area contributed by atoms with Gasteiger partial charge in [-0.05, 0) is 67.9 Å². The van der Waals surface area contributed by atoms with Crippen molar-refractivity contribution in [2.24, 2.45) is 7.05 Å². The first-order valence-corrected chi connectivity index (χ1v) is 11.8. The van der Waals surface area contributed by atoms with Crippen LogP contribution in [0.3, 0.4) is 0 Å². The second kappa shape index (κ2) is 9.22. The van der Waals surface area contributed by atoms with Gasteiger partial charge in [0, 0.05) is 29.4 Å². The highest BCUT2D eigenvalue weighted by molar-refractivity contribution is 6.31. The molecule has 0 spiro atoms. The minimum Gasteiger partial charge on any atom is -0.454 e. The van der Waals surface area contributed by atoms with Crippen molar-refractivity contribution in [3.63, 3.8) is 0 Å². The molecule has 0 aliphatic carbocycles. The molecule has 0 saturated carbocycles. The molecule has 1 aliphatic rings. The predicted octanol–water partition coefficient (Wildman–Crippen LogP) is 4.38. The zero-order valence-corrected chi connectivity index (χ0v) is 19.8. The molecule has 4 aromatic rings. The largest absolute Gasteiger partial charge is 0.454 e. The number of alkyl halides is 2. The lowest BCUT2D eigenvalue weighted by Gasteiger charge is -2.29. The third-order valence-corrected chi connectivity index (χ3v) is 6.77. The predicted molar refractivity (Wildman–Crippen MR) is 128 cm³/mol. The van der Waals surface area contributed by atoms with Crippen LogP contribution in [0.1, 0.15) is 30.3 Å². The van der Waals surface area contributed by atoms with Crippen LogP contribution in [0.4, 0.5) is 8.78 Å². The number of aromatic nitrogens is 2. The van der Waals surface area contributed by atoms with E-state index in [4.69, 9.17) is 16.0 Å². The summed E-state index contributed by atoms with van der Waals surface area (Å²) in [5.74, 6) is -6.26. The molecule has 0 unspecified atom stereocenters. The zero-order chi connectivity index (χ0) is 24.7. The number of nitrogens with one attached hydrogen (secondary N) is 1. The van der Waals surface area contributed by atoms with Crippen LogP contribution in [0.5, 0.6) is 0 Å². The summed E-state index contributed by atoms with van der Waals surface area (Å²) in [6.45, 7) is 1.80. The number of fused-ring (bicyclic) bond motifs is 2. The van der Waals surface area contributed by atoms with E-state index in [0.717, 1.165) is 42.9 Å². The molecule has 35 heavy (non-hydrogen) atoms. The van der Waals surface area contributed by atoms with Crippen molar-refractivity contribution < 1.29 is 23.1 Å². The average molecular weight is 503 g/mol. The van der Waals surface area contributed by atoms with Crippen LogP contribution in [-0.4, -0.2) is 51.4 Å². The number of likely N-dealkylation sites (tertiary alicyclic amines) is 1. The average Bonchev–Trinajstić information content (AvgIpc) is 3.58. The van der Waals surface area contributed by atoms with Gasteiger partial charge in [0.05, 0.1) is 17.8 Å². The molecule has 0 bridgehead atoms. The Hall–Kier alpha value is -3.01. The van der Waals surface area contributed by atoms with Crippen LogP contribution in [0, 0.1) is 0 Å². The highest BCUT2D eigenvalue weighted by Crippen LogP contribution is 2.34. The number of aliphatic hydroxyl groups excluding tert-OH is 1. The van der Waals surface area contributed by atoms with Crippen molar-refractivity contribution in [3.8, 4) is 0 Å². The van der Waals surface area contributed by atoms with Gasteiger partial charge < -0.3 is 19.7 Å². The molecule has 1 fully saturated rings. The Morgan fingerprint density at radius 3 is 2.74 bits per heavy atom. The van der Waals surface area contributed by atoms with Crippen LogP contribution in [-0.2, 0) is 17.8 Å². The third-order valence-electron chi connectivity index (χ3n) is 6.54.